The molecule has 1 aliphatic carbocycles. The van der Waals surface area contributed by atoms with Crippen molar-refractivity contribution in [3.05, 3.63) is 77.3 Å². The molecule has 2 aliphatic rings. The molecule has 0 spiro atoms. The average molecular weight is 513 g/mol. The van der Waals surface area contributed by atoms with E-state index in [-0.39, 0.29) is 28.3 Å². The van der Waals surface area contributed by atoms with Gasteiger partial charge >= 0.3 is 0 Å². The Labute approximate surface area is 198 Å². The molecule has 0 bridgehead atoms. The molecular weight excluding hydrogens is 492 g/mol. The zero-order valence-electron chi connectivity index (χ0n) is 17.8. The van der Waals surface area contributed by atoms with Crippen molar-refractivity contribution in [1.29, 1.82) is 5.26 Å². The maximum Gasteiger partial charge on any atom is 0.271 e. The van der Waals surface area contributed by atoms with Gasteiger partial charge in [-0.3, -0.25) is 19.8 Å². The van der Waals surface area contributed by atoms with E-state index < -0.39 is 10.8 Å². The number of allylic oxidation sites excluding steroid dienone is 3. The lowest BCUT2D eigenvalue weighted by Crippen LogP contribution is -2.42. The second-order valence-electron chi connectivity index (χ2n) is 8.85. The summed E-state index contributed by atoms with van der Waals surface area (Å²) in [6, 6.07) is 10.6. The number of nitrogens with zero attached hydrogens (tertiary/aromatic N) is 3. The highest BCUT2D eigenvalue weighted by molar-refractivity contribution is 9.11. The molecule has 1 unspecified atom stereocenters. The van der Waals surface area contributed by atoms with Gasteiger partial charge in [-0.05, 0) is 52.4 Å². The van der Waals surface area contributed by atoms with E-state index in [0.717, 1.165) is 14.2 Å². The molecule has 2 N–H and O–H groups in total. The third-order valence-corrected chi connectivity index (χ3v) is 7.59. The molecule has 1 aromatic carbocycles. The van der Waals surface area contributed by atoms with Crippen LogP contribution in [0.1, 0.15) is 43.0 Å². The van der Waals surface area contributed by atoms with Gasteiger partial charge in [-0.15, -0.1) is 11.3 Å². The number of halogens is 1. The Morgan fingerprint density at radius 3 is 2.62 bits per heavy atom. The van der Waals surface area contributed by atoms with Crippen LogP contribution in [0.15, 0.2) is 56.8 Å². The first-order valence-corrected chi connectivity index (χ1v) is 11.6. The number of aryl methyl sites for hydroxylation is 1. The smallest absolute Gasteiger partial charge is 0.271 e. The topological polar surface area (TPSA) is 113 Å². The van der Waals surface area contributed by atoms with E-state index in [1.807, 2.05) is 32.9 Å². The molecule has 0 amide bonds. The standard InChI is InChI=1S/C23H21BrN4O3S/c1-12-4-5-13(28(30)31)8-15(12)27-16-9-23(2,3)10-17(29)21(16)20(14(11-25)22(27)26)18-6-7-19(24)32-18/h4-8,20H,9-10,26H2,1-3H3. The summed E-state index contributed by atoms with van der Waals surface area (Å²) in [4.78, 5) is 27.0. The highest BCUT2D eigenvalue weighted by atomic mass is 79.9. The number of nitro groups is 1. The average Bonchev–Trinajstić information content (AvgIpc) is 3.13. The lowest BCUT2D eigenvalue weighted by atomic mass is 9.69. The summed E-state index contributed by atoms with van der Waals surface area (Å²) in [6.45, 7) is 5.87. The van der Waals surface area contributed by atoms with Crippen LogP contribution in [0.2, 0.25) is 0 Å². The summed E-state index contributed by atoms with van der Waals surface area (Å²) in [5.41, 5.74) is 9.01. The third kappa shape index (κ3) is 3.63. The minimum Gasteiger partial charge on any atom is -0.384 e. The fourth-order valence-electron chi connectivity index (χ4n) is 4.50. The van der Waals surface area contributed by atoms with Crippen LogP contribution in [-0.4, -0.2) is 10.7 Å². The van der Waals surface area contributed by atoms with Crippen LogP contribution in [0.3, 0.4) is 0 Å². The van der Waals surface area contributed by atoms with Crippen LogP contribution in [0, 0.1) is 33.8 Å². The highest BCUT2D eigenvalue weighted by Crippen LogP contribution is 2.52. The number of thiophene rings is 1. The third-order valence-electron chi connectivity index (χ3n) is 5.90. The van der Waals surface area contributed by atoms with E-state index in [2.05, 4.69) is 22.0 Å². The summed E-state index contributed by atoms with van der Waals surface area (Å²) >= 11 is 4.93. The minimum atomic E-state index is -0.551. The molecule has 4 rings (SSSR count). The number of carbonyl (C=O) groups excluding carboxylic acids is 1. The molecule has 9 heteroatoms. The van der Waals surface area contributed by atoms with Crippen molar-refractivity contribution in [3.63, 3.8) is 0 Å². The molecule has 1 aromatic heterocycles. The Morgan fingerprint density at radius 2 is 2.03 bits per heavy atom. The molecule has 2 aromatic rings. The number of non-ortho nitro benzene ring substituents is 1. The number of anilines is 1. The number of carbonyl (C=O) groups is 1. The van der Waals surface area contributed by atoms with E-state index in [0.29, 0.717) is 29.8 Å². The minimum absolute atomic E-state index is 0.0286. The normalized spacial score (nSPS) is 20.3. The summed E-state index contributed by atoms with van der Waals surface area (Å²) in [5, 5.41) is 21.5. The second kappa shape index (κ2) is 7.87. The maximum atomic E-state index is 13.5. The quantitative estimate of drug-likeness (QED) is 0.418. The number of hydrogen-bond donors (Lipinski definition) is 1. The SMILES string of the molecule is Cc1ccc([N+](=O)[O-])cc1N1C(N)=C(C#N)C(c2ccc(Br)s2)C2=C1CC(C)(C)CC2=O. The Hall–Kier alpha value is -2.96. The van der Waals surface area contributed by atoms with Crippen molar-refractivity contribution >= 4 is 44.4 Å². The Bertz CT molecular complexity index is 1270. The molecule has 164 valence electrons. The van der Waals surface area contributed by atoms with Gasteiger partial charge < -0.3 is 5.73 Å². The van der Waals surface area contributed by atoms with E-state index in [1.165, 1.54) is 23.5 Å². The van der Waals surface area contributed by atoms with Crippen molar-refractivity contribution in [3.8, 4) is 6.07 Å². The van der Waals surface area contributed by atoms with Gasteiger partial charge in [0.05, 0.1) is 32.0 Å². The van der Waals surface area contributed by atoms with Crippen LogP contribution in [0.4, 0.5) is 11.4 Å². The van der Waals surface area contributed by atoms with Crippen LogP contribution >= 0.6 is 27.3 Å². The molecule has 0 saturated heterocycles. The lowest BCUT2D eigenvalue weighted by molar-refractivity contribution is -0.384. The van der Waals surface area contributed by atoms with Gasteiger partial charge in [-0.25, -0.2) is 0 Å². The molecule has 2 heterocycles. The fourth-order valence-corrected chi connectivity index (χ4v) is 6.05. The maximum absolute atomic E-state index is 13.5. The zero-order valence-corrected chi connectivity index (χ0v) is 20.2. The van der Waals surface area contributed by atoms with Crippen molar-refractivity contribution in [2.75, 3.05) is 4.90 Å². The van der Waals surface area contributed by atoms with Crippen LogP contribution in [0.5, 0.6) is 0 Å². The van der Waals surface area contributed by atoms with Gasteiger partial charge in [0, 0.05) is 34.7 Å². The van der Waals surface area contributed by atoms with Crippen molar-refractivity contribution < 1.29 is 9.72 Å². The predicted molar refractivity (Wildman–Crippen MR) is 127 cm³/mol. The molecular formula is C23H21BrN4O3S. The number of nitriles is 1. The summed E-state index contributed by atoms with van der Waals surface area (Å²) in [6.07, 6.45) is 0.911. The van der Waals surface area contributed by atoms with E-state index in [4.69, 9.17) is 5.73 Å². The predicted octanol–water partition coefficient (Wildman–Crippen LogP) is 5.67. The molecule has 1 aliphatic heterocycles. The first kappa shape index (κ1) is 22.2. The van der Waals surface area contributed by atoms with Crippen LogP contribution in [0.25, 0.3) is 0 Å². The largest absolute Gasteiger partial charge is 0.384 e. The summed E-state index contributed by atoms with van der Waals surface area (Å²) < 4.78 is 0.894. The van der Waals surface area contributed by atoms with Crippen molar-refractivity contribution in [2.24, 2.45) is 11.1 Å². The first-order chi connectivity index (χ1) is 15.0. The summed E-state index contributed by atoms with van der Waals surface area (Å²) in [7, 11) is 0. The molecule has 0 fully saturated rings. The molecule has 7 nitrogen and oxygen atoms in total. The number of nitro benzene ring substituents is 1. The molecule has 0 saturated carbocycles. The Kier molecular flexibility index (Phi) is 5.47. The summed E-state index contributed by atoms with van der Waals surface area (Å²) in [5.74, 6) is -0.376. The Morgan fingerprint density at radius 1 is 1.31 bits per heavy atom. The van der Waals surface area contributed by atoms with E-state index >= 15 is 0 Å². The molecule has 0 radical (unpaired) electrons. The monoisotopic (exact) mass is 512 g/mol. The van der Waals surface area contributed by atoms with Gasteiger partial charge in [0.1, 0.15) is 5.82 Å². The molecule has 1 atom stereocenters. The number of nitrogens with two attached hydrogens (primary N) is 1. The van der Waals surface area contributed by atoms with Crippen molar-refractivity contribution in [2.45, 2.75) is 39.5 Å². The zero-order chi connectivity index (χ0) is 23.4. The highest BCUT2D eigenvalue weighted by Gasteiger charge is 2.45. The van der Waals surface area contributed by atoms with Crippen molar-refractivity contribution in [1.82, 2.24) is 0 Å². The van der Waals surface area contributed by atoms with Gasteiger partial charge in [-0.1, -0.05) is 19.9 Å². The Balaban J connectivity index is 2.03. The number of hydrogen-bond acceptors (Lipinski definition) is 7. The number of rotatable bonds is 3. The van der Waals surface area contributed by atoms with Gasteiger partial charge in [0.25, 0.3) is 5.69 Å². The number of ketones is 1. The van der Waals surface area contributed by atoms with E-state index in [9.17, 15) is 20.2 Å². The van der Waals surface area contributed by atoms with Gasteiger partial charge in [-0.2, -0.15) is 5.26 Å². The second-order valence-corrected chi connectivity index (χ2v) is 11.3. The molecule has 32 heavy (non-hydrogen) atoms. The first-order valence-electron chi connectivity index (χ1n) is 10.0. The van der Waals surface area contributed by atoms with Crippen LogP contribution < -0.4 is 10.6 Å². The van der Waals surface area contributed by atoms with E-state index in [1.54, 1.807) is 11.0 Å². The fraction of sp³-hybridized carbons (Fsp3) is 0.304. The number of benzene rings is 1. The number of Topliss-reactive ketones (excluding diaryl/α,β-unsaturated/α-hetero) is 1. The van der Waals surface area contributed by atoms with Crippen LogP contribution in [-0.2, 0) is 4.79 Å². The van der Waals surface area contributed by atoms with Gasteiger partial charge in [0.2, 0.25) is 0 Å². The van der Waals surface area contributed by atoms with Gasteiger partial charge in [0.15, 0.2) is 5.78 Å². The lowest BCUT2D eigenvalue weighted by Gasteiger charge is -2.43.